The second-order valence-corrected chi connectivity index (χ2v) is 7.02. The number of imide groups is 1. The van der Waals surface area contributed by atoms with Gasteiger partial charge in [-0.2, -0.15) is 0 Å². The number of likely N-dealkylation sites (tertiary alicyclic amines) is 1. The molecule has 0 radical (unpaired) electrons. The Morgan fingerprint density at radius 1 is 1.12 bits per heavy atom. The van der Waals surface area contributed by atoms with Crippen molar-refractivity contribution in [1.82, 2.24) is 15.1 Å². The van der Waals surface area contributed by atoms with E-state index in [1.54, 1.807) is 24.3 Å². The van der Waals surface area contributed by atoms with Gasteiger partial charge in [0.05, 0.1) is 11.1 Å². The van der Waals surface area contributed by atoms with Gasteiger partial charge in [0.15, 0.2) is 0 Å². The number of carbonyl (C=O) groups excluding carboxylic acids is 3. The number of fused-ring (bicyclic) bond motifs is 1. The third-order valence-electron chi connectivity index (χ3n) is 5.33. The lowest BCUT2D eigenvalue weighted by molar-refractivity contribution is -0.121. The standard InChI is InChI=1S/C20H27N3O3/c1-2-15(22-11-5-6-12-22)14-21-18(24)10-7-13-23-19(25)16-8-3-4-9-17(16)20(23)26/h3-4,8-9,15H,2,5-7,10-14H2,1H3,(H,21,24). The lowest BCUT2D eigenvalue weighted by Gasteiger charge is -2.26. The second kappa shape index (κ2) is 8.45. The molecule has 1 aromatic rings. The van der Waals surface area contributed by atoms with E-state index in [2.05, 4.69) is 17.1 Å². The van der Waals surface area contributed by atoms with Crippen LogP contribution in [0.25, 0.3) is 0 Å². The van der Waals surface area contributed by atoms with Gasteiger partial charge < -0.3 is 5.32 Å². The van der Waals surface area contributed by atoms with Gasteiger partial charge in [0.2, 0.25) is 5.91 Å². The molecule has 1 N–H and O–H groups in total. The van der Waals surface area contributed by atoms with Crippen LogP contribution in [-0.2, 0) is 4.79 Å². The molecule has 0 spiro atoms. The van der Waals surface area contributed by atoms with Gasteiger partial charge in [-0.25, -0.2) is 0 Å². The predicted molar refractivity (Wildman–Crippen MR) is 98.9 cm³/mol. The summed E-state index contributed by atoms with van der Waals surface area (Å²) >= 11 is 0. The average molecular weight is 357 g/mol. The summed E-state index contributed by atoms with van der Waals surface area (Å²) in [5.41, 5.74) is 0.914. The van der Waals surface area contributed by atoms with Crippen LogP contribution in [0, 0.1) is 0 Å². The smallest absolute Gasteiger partial charge is 0.261 e. The molecule has 3 amide bonds. The molecule has 0 bridgehead atoms. The molecular weight excluding hydrogens is 330 g/mol. The van der Waals surface area contributed by atoms with Crippen molar-refractivity contribution in [3.63, 3.8) is 0 Å². The Balaban J connectivity index is 1.41. The minimum Gasteiger partial charge on any atom is -0.355 e. The van der Waals surface area contributed by atoms with Crippen LogP contribution in [0.4, 0.5) is 0 Å². The quantitative estimate of drug-likeness (QED) is 0.723. The normalized spacial score (nSPS) is 18.3. The summed E-state index contributed by atoms with van der Waals surface area (Å²) in [5.74, 6) is -0.531. The monoisotopic (exact) mass is 357 g/mol. The molecule has 2 aliphatic rings. The van der Waals surface area contributed by atoms with E-state index in [1.807, 2.05) is 0 Å². The highest BCUT2D eigenvalue weighted by molar-refractivity contribution is 6.21. The molecule has 1 atom stereocenters. The van der Waals surface area contributed by atoms with E-state index in [0.29, 0.717) is 36.6 Å². The van der Waals surface area contributed by atoms with Crippen LogP contribution in [0.2, 0.25) is 0 Å². The zero-order chi connectivity index (χ0) is 18.5. The van der Waals surface area contributed by atoms with Crippen LogP contribution in [0.1, 0.15) is 59.7 Å². The molecule has 1 aromatic carbocycles. The Morgan fingerprint density at radius 3 is 2.31 bits per heavy atom. The zero-order valence-corrected chi connectivity index (χ0v) is 15.4. The van der Waals surface area contributed by atoms with E-state index >= 15 is 0 Å². The van der Waals surface area contributed by atoms with Crippen LogP contribution in [-0.4, -0.2) is 59.7 Å². The summed E-state index contributed by atoms with van der Waals surface area (Å²) in [5, 5.41) is 3.01. The number of carbonyl (C=O) groups is 3. The van der Waals surface area contributed by atoms with Crippen molar-refractivity contribution in [2.75, 3.05) is 26.2 Å². The minimum absolute atomic E-state index is 0.0146. The van der Waals surface area contributed by atoms with Gasteiger partial charge in [-0.15, -0.1) is 0 Å². The Morgan fingerprint density at radius 2 is 1.73 bits per heavy atom. The first-order chi connectivity index (χ1) is 12.6. The third-order valence-corrected chi connectivity index (χ3v) is 5.33. The highest BCUT2D eigenvalue weighted by Crippen LogP contribution is 2.22. The van der Waals surface area contributed by atoms with Gasteiger partial charge in [0.1, 0.15) is 0 Å². The van der Waals surface area contributed by atoms with Crippen molar-refractivity contribution in [1.29, 1.82) is 0 Å². The molecule has 1 fully saturated rings. The molecule has 0 aromatic heterocycles. The van der Waals surface area contributed by atoms with E-state index in [0.717, 1.165) is 19.5 Å². The van der Waals surface area contributed by atoms with Crippen LogP contribution < -0.4 is 5.32 Å². The lowest BCUT2D eigenvalue weighted by Crippen LogP contribution is -2.42. The van der Waals surface area contributed by atoms with Crippen molar-refractivity contribution in [3.05, 3.63) is 35.4 Å². The Bertz CT molecular complexity index is 648. The Hall–Kier alpha value is -2.21. The Labute approximate surface area is 154 Å². The number of nitrogens with one attached hydrogen (secondary N) is 1. The maximum absolute atomic E-state index is 12.3. The highest BCUT2D eigenvalue weighted by Gasteiger charge is 2.34. The summed E-state index contributed by atoms with van der Waals surface area (Å²) in [6.45, 7) is 5.34. The molecule has 0 aliphatic carbocycles. The highest BCUT2D eigenvalue weighted by atomic mass is 16.2. The lowest BCUT2D eigenvalue weighted by atomic mass is 10.1. The van der Waals surface area contributed by atoms with Crippen molar-refractivity contribution in [2.24, 2.45) is 0 Å². The SMILES string of the molecule is CCC(CNC(=O)CCCN1C(=O)c2ccccc2C1=O)N1CCCC1. The van der Waals surface area contributed by atoms with Crippen LogP contribution in [0.5, 0.6) is 0 Å². The Kier molecular flexibility index (Phi) is 6.04. The van der Waals surface area contributed by atoms with E-state index in [-0.39, 0.29) is 24.3 Å². The van der Waals surface area contributed by atoms with Crippen LogP contribution in [0.3, 0.4) is 0 Å². The number of hydrogen-bond donors (Lipinski definition) is 1. The number of rotatable bonds is 8. The fraction of sp³-hybridized carbons (Fsp3) is 0.550. The van der Waals surface area contributed by atoms with E-state index < -0.39 is 0 Å². The molecule has 6 heteroatoms. The van der Waals surface area contributed by atoms with Crippen LogP contribution in [0.15, 0.2) is 24.3 Å². The van der Waals surface area contributed by atoms with Gasteiger partial charge in [0, 0.05) is 25.6 Å². The van der Waals surface area contributed by atoms with E-state index in [9.17, 15) is 14.4 Å². The molecule has 2 heterocycles. The summed E-state index contributed by atoms with van der Waals surface area (Å²) < 4.78 is 0. The number of nitrogens with zero attached hydrogens (tertiary/aromatic N) is 2. The van der Waals surface area contributed by atoms with Gasteiger partial charge >= 0.3 is 0 Å². The maximum atomic E-state index is 12.3. The number of amides is 3. The molecule has 0 saturated carbocycles. The largest absolute Gasteiger partial charge is 0.355 e. The molecular formula is C20H27N3O3. The fourth-order valence-electron chi connectivity index (χ4n) is 3.80. The summed E-state index contributed by atoms with van der Waals surface area (Å²) in [7, 11) is 0. The molecule has 2 aliphatic heterocycles. The van der Waals surface area contributed by atoms with Gasteiger partial charge in [0.25, 0.3) is 11.8 Å². The first-order valence-corrected chi connectivity index (χ1v) is 9.57. The summed E-state index contributed by atoms with van der Waals surface area (Å²) in [4.78, 5) is 40.4. The molecule has 3 rings (SSSR count). The topological polar surface area (TPSA) is 69.7 Å². The van der Waals surface area contributed by atoms with E-state index in [1.165, 1.54) is 17.7 Å². The maximum Gasteiger partial charge on any atom is 0.261 e. The summed E-state index contributed by atoms with van der Waals surface area (Å²) in [6.07, 6.45) is 4.31. The fourth-order valence-corrected chi connectivity index (χ4v) is 3.80. The predicted octanol–water partition coefficient (Wildman–Crippen LogP) is 2.05. The second-order valence-electron chi connectivity index (χ2n) is 7.02. The van der Waals surface area contributed by atoms with Crippen LogP contribution >= 0.6 is 0 Å². The molecule has 1 unspecified atom stereocenters. The number of benzene rings is 1. The van der Waals surface area contributed by atoms with Gasteiger partial charge in [-0.3, -0.25) is 24.2 Å². The van der Waals surface area contributed by atoms with Crippen molar-refractivity contribution < 1.29 is 14.4 Å². The zero-order valence-electron chi connectivity index (χ0n) is 15.4. The first kappa shape index (κ1) is 18.6. The molecule has 6 nitrogen and oxygen atoms in total. The van der Waals surface area contributed by atoms with Crippen molar-refractivity contribution >= 4 is 17.7 Å². The minimum atomic E-state index is -0.258. The summed E-state index contributed by atoms with van der Waals surface area (Å²) in [6, 6.07) is 7.26. The van der Waals surface area contributed by atoms with E-state index in [4.69, 9.17) is 0 Å². The average Bonchev–Trinajstić information content (AvgIpc) is 3.26. The third kappa shape index (κ3) is 3.96. The number of hydrogen-bond acceptors (Lipinski definition) is 4. The first-order valence-electron chi connectivity index (χ1n) is 9.57. The molecule has 1 saturated heterocycles. The molecule has 26 heavy (non-hydrogen) atoms. The van der Waals surface area contributed by atoms with Gasteiger partial charge in [-0.05, 0) is 50.9 Å². The van der Waals surface area contributed by atoms with Crippen molar-refractivity contribution in [3.8, 4) is 0 Å². The van der Waals surface area contributed by atoms with Gasteiger partial charge in [-0.1, -0.05) is 19.1 Å². The molecule has 140 valence electrons. The van der Waals surface area contributed by atoms with Crippen molar-refractivity contribution in [2.45, 2.75) is 45.1 Å².